The molecule has 0 saturated heterocycles. The molecule has 0 aliphatic heterocycles. The second-order valence-corrected chi connectivity index (χ2v) is 4.41. The summed E-state index contributed by atoms with van der Waals surface area (Å²) in [5.74, 6) is -0.246. The molecule has 86 valence electrons. The maximum Gasteiger partial charge on any atom is 0.209 e. The predicted octanol–water partition coefficient (Wildman–Crippen LogP) is 1.82. The van der Waals surface area contributed by atoms with Gasteiger partial charge >= 0.3 is 0 Å². The normalized spacial score (nSPS) is 11.4. The van der Waals surface area contributed by atoms with Gasteiger partial charge in [-0.15, -0.1) is 9.24 Å². The molecule has 2 nitrogen and oxygen atoms in total. The first kappa shape index (κ1) is 12.9. The number of carbonyl (C=O) groups excluding carboxylic acids is 1. The van der Waals surface area contributed by atoms with Crippen LogP contribution in [-0.4, -0.2) is 24.9 Å². The van der Waals surface area contributed by atoms with Crippen molar-refractivity contribution in [2.45, 2.75) is 6.92 Å². The number of nitrogens with zero attached hydrogens (tertiary/aromatic N) is 1. The standard InChI is InChI=1S/C12H15FNOP/c1-9(7-14(2)8-15)5-10-3-4-11(13)6-12(10)16/h3-6,8H,7,16H2,1-2H3/b9-5+. The molecule has 4 heteroatoms. The highest BCUT2D eigenvalue weighted by atomic mass is 31.0. The molecule has 0 N–H and O–H groups in total. The van der Waals surface area contributed by atoms with E-state index in [1.54, 1.807) is 18.0 Å². The Morgan fingerprint density at radius 3 is 2.81 bits per heavy atom. The van der Waals surface area contributed by atoms with Gasteiger partial charge in [-0.2, -0.15) is 0 Å². The van der Waals surface area contributed by atoms with E-state index in [1.165, 1.54) is 12.1 Å². The Kier molecular flexibility index (Phi) is 4.63. The van der Waals surface area contributed by atoms with Crippen LogP contribution in [0.25, 0.3) is 6.08 Å². The zero-order valence-electron chi connectivity index (χ0n) is 9.40. The Bertz CT molecular complexity index is 417. The van der Waals surface area contributed by atoms with E-state index in [1.807, 2.05) is 13.0 Å². The first-order valence-electron chi connectivity index (χ1n) is 4.90. The molecule has 0 heterocycles. The molecule has 1 amide bonds. The van der Waals surface area contributed by atoms with E-state index in [4.69, 9.17) is 0 Å². The van der Waals surface area contributed by atoms with Gasteiger partial charge in [0.15, 0.2) is 0 Å². The largest absolute Gasteiger partial charge is 0.344 e. The molecule has 0 aliphatic rings. The van der Waals surface area contributed by atoms with Crippen LogP contribution in [0.2, 0.25) is 0 Å². The Hall–Kier alpha value is -1.21. The highest BCUT2D eigenvalue weighted by Crippen LogP contribution is 2.09. The minimum atomic E-state index is -0.246. The number of rotatable bonds is 4. The Morgan fingerprint density at radius 1 is 1.56 bits per heavy atom. The lowest BCUT2D eigenvalue weighted by Gasteiger charge is -2.11. The van der Waals surface area contributed by atoms with E-state index in [0.29, 0.717) is 6.54 Å². The van der Waals surface area contributed by atoms with Crippen LogP contribution in [-0.2, 0) is 4.79 Å². The minimum Gasteiger partial charge on any atom is -0.344 e. The second kappa shape index (κ2) is 5.76. The van der Waals surface area contributed by atoms with Gasteiger partial charge < -0.3 is 4.90 Å². The van der Waals surface area contributed by atoms with Gasteiger partial charge in [0.25, 0.3) is 0 Å². The molecule has 0 radical (unpaired) electrons. The highest BCUT2D eigenvalue weighted by molar-refractivity contribution is 7.27. The molecule has 1 aromatic carbocycles. The number of hydrogen-bond acceptors (Lipinski definition) is 1. The Labute approximate surface area is 97.3 Å². The van der Waals surface area contributed by atoms with E-state index in [0.717, 1.165) is 22.9 Å². The molecular weight excluding hydrogens is 224 g/mol. The van der Waals surface area contributed by atoms with Crippen LogP contribution in [0.3, 0.4) is 0 Å². The van der Waals surface area contributed by atoms with Crippen LogP contribution >= 0.6 is 9.24 Å². The summed E-state index contributed by atoms with van der Waals surface area (Å²) in [7, 11) is 4.22. The van der Waals surface area contributed by atoms with Crippen LogP contribution < -0.4 is 5.30 Å². The van der Waals surface area contributed by atoms with Gasteiger partial charge in [0.05, 0.1) is 0 Å². The molecule has 1 unspecified atom stereocenters. The van der Waals surface area contributed by atoms with E-state index in [2.05, 4.69) is 9.24 Å². The van der Waals surface area contributed by atoms with Crippen LogP contribution in [0.4, 0.5) is 4.39 Å². The summed E-state index contributed by atoms with van der Waals surface area (Å²) in [5.41, 5.74) is 1.99. The van der Waals surface area contributed by atoms with Crippen LogP contribution in [0.15, 0.2) is 23.8 Å². The van der Waals surface area contributed by atoms with Crippen molar-refractivity contribution in [2.75, 3.05) is 13.6 Å². The van der Waals surface area contributed by atoms with Crippen molar-refractivity contribution in [1.29, 1.82) is 0 Å². The zero-order valence-corrected chi connectivity index (χ0v) is 10.6. The van der Waals surface area contributed by atoms with Gasteiger partial charge in [-0.1, -0.05) is 17.7 Å². The molecule has 1 atom stereocenters. The summed E-state index contributed by atoms with van der Waals surface area (Å²) in [4.78, 5) is 12.0. The SMILES string of the molecule is C/C(=C\c1ccc(F)cc1P)CN(C)C=O. The second-order valence-electron chi connectivity index (χ2n) is 3.78. The summed E-state index contributed by atoms with van der Waals surface area (Å²) in [6.45, 7) is 2.51. The van der Waals surface area contributed by atoms with Crippen molar-refractivity contribution >= 4 is 27.0 Å². The van der Waals surface area contributed by atoms with Gasteiger partial charge in [0.1, 0.15) is 5.82 Å². The Morgan fingerprint density at radius 2 is 2.25 bits per heavy atom. The van der Waals surface area contributed by atoms with Crippen LogP contribution in [0, 0.1) is 5.82 Å². The maximum atomic E-state index is 12.9. The third-order valence-corrected chi connectivity index (χ3v) is 2.63. The zero-order chi connectivity index (χ0) is 12.1. The topological polar surface area (TPSA) is 20.3 Å². The first-order chi connectivity index (χ1) is 7.52. The molecule has 0 bridgehead atoms. The average molecular weight is 239 g/mol. The fourth-order valence-electron chi connectivity index (χ4n) is 1.42. The summed E-state index contributed by atoms with van der Waals surface area (Å²) >= 11 is 0. The van der Waals surface area contributed by atoms with Gasteiger partial charge in [0.2, 0.25) is 6.41 Å². The lowest BCUT2D eigenvalue weighted by atomic mass is 10.1. The van der Waals surface area contributed by atoms with Gasteiger partial charge in [-0.25, -0.2) is 4.39 Å². The fourth-order valence-corrected chi connectivity index (χ4v) is 1.76. The van der Waals surface area contributed by atoms with Crippen molar-refractivity contribution in [3.8, 4) is 0 Å². The summed E-state index contributed by atoms with van der Waals surface area (Å²) < 4.78 is 12.9. The van der Waals surface area contributed by atoms with Crippen LogP contribution in [0.1, 0.15) is 12.5 Å². The van der Waals surface area contributed by atoms with Gasteiger partial charge in [-0.3, -0.25) is 4.79 Å². The van der Waals surface area contributed by atoms with E-state index < -0.39 is 0 Å². The van der Waals surface area contributed by atoms with Crippen molar-refractivity contribution in [1.82, 2.24) is 4.90 Å². The Balaban J connectivity index is 2.85. The molecule has 0 aliphatic carbocycles. The molecule has 0 fully saturated rings. The average Bonchev–Trinajstić information content (AvgIpc) is 2.22. The lowest BCUT2D eigenvalue weighted by Crippen LogP contribution is -2.17. The number of hydrogen-bond donors (Lipinski definition) is 0. The monoisotopic (exact) mass is 239 g/mol. The molecule has 1 rings (SSSR count). The van der Waals surface area contributed by atoms with E-state index in [9.17, 15) is 9.18 Å². The fraction of sp³-hybridized carbons (Fsp3) is 0.250. The smallest absolute Gasteiger partial charge is 0.209 e. The van der Waals surface area contributed by atoms with Crippen molar-refractivity contribution in [2.24, 2.45) is 0 Å². The number of benzene rings is 1. The molecule has 1 aromatic rings. The van der Waals surface area contributed by atoms with Crippen molar-refractivity contribution < 1.29 is 9.18 Å². The summed E-state index contributed by atoms with van der Waals surface area (Å²) in [6, 6.07) is 4.62. The lowest BCUT2D eigenvalue weighted by molar-refractivity contribution is -0.116. The van der Waals surface area contributed by atoms with E-state index in [-0.39, 0.29) is 5.82 Å². The van der Waals surface area contributed by atoms with Crippen LogP contribution in [0.5, 0.6) is 0 Å². The number of carbonyl (C=O) groups is 1. The molecular formula is C12H15FNOP. The molecule has 0 aromatic heterocycles. The molecule has 16 heavy (non-hydrogen) atoms. The van der Waals surface area contributed by atoms with Crippen molar-refractivity contribution in [3.63, 3.8) is 0 Å². The predicted molar refractivity (Wildman–Crippen MR) is 68.1 cm³/mol. The summed E-state index contributed by atoms with van der Waals surface area (Å²) in [6.07, 6.45) is 2.73. The molecule has 0 spiro atoms. The number of amides is 1. The van der Waals surface area contributed by atoms with Crippen molar-refractivity contribution in [3.05, 3.63) is 35.2 Å². The molecule has 0 saturated carbocycles. The van der Waals surface area contributed by atoms with Gasteiger partial charge in [0, 0.05) is 13.6 Å². The minimum absolute atomic E-state index is 0.246. The number of likely N-dealkylation sites (N-methyl/N-ethyl adjacent to an activating group) is 1. The third-order valence-electron chi connectivity index (χ3n) is 2.13. The van der Waals surface area contributed by atoms with Gasteiger partial charge in [-0.05, 0) is 29.9 Å². The quantitative estimate of drug-likeness (QED) is 0.579. The highest BCUT2D eigenvalue weighted by Gasteiger charge is 2.00. The summed E-state index contributed by atoms with van der Waals surface area (Å²) in [5, 5.41) is 0.813. The number of halogens is 1. The maximum absolute atomic E-state index is 12.9. The first-order valence-corrected chi connectivity index (χ1v) is 5.48. The third kappa shape index (κ3) is 3.74. The van der Waals surface area contributed by atoms with E-state index >= 15 is 0 Å².